The van der Waals surface area contributed by atoms with E-state index in [1.165, 1.54) is 32.2 Å². The standard InChI is InChI=1S/C13H14FNO4/c1-8(2)11(12(16)18-3)19-13(17)15-10-6-4-5-9(14)7-10/h4-7,11H,1H2,2-3H3,(H,15,17). The number of carbonyl (C=O) groups is 2. The molecule has 1 aromatic rings. The van der Waals surface area contributed by atoms with E-state index in [1.54, 1.807) is 0 Å². The van der Waals surface area contributed by atoms with Crippen LogP contribution in [-0.2, 0) is 14.3 Å². The van der Waals surface area contributed by atoms with Crippen molar-refractivity contribution in [3.8, 4) is 0 Å². The first-order valence-electron chi connectivity index (χ1n) is 5.40. The summed E-state index contributed by atoms with van der Waals surface area (Å²) in [4.78, 5) is 22.9. The van der Waals surface area contributed by atoms with Crippen LogP contribution in [0, 0.1) is 5.82 Å². The summed E-state index contributed by atoms with van der Waals surface area (Å²) in [6.45, 7) is 5.06. The highest BCUT2D eigenvalue weighted by Gasteiger charge is 2.24. The molecular weight excluding hydrogens is 253 g/mol. The van der Waals surface area contributed by atoms with Crippen LogP contribution in [0.3, 0.4) is 0 Å². The topological polar surface area (TPSA) is 64.6 Å². The van der Waals surface area contributed by atoms with E-state index in [1.807, 2.05) is 0 Å². The Morgan fingerprint density at radius 2 is 2.11 bits per heavy atom. The van der Waals surface area contributed by atoms with Gasteiger partial charge in [-0.05, 0) is 30.7 Å². The molecule has 0 aliphatic rings. The summed E-state index contributed by atoms with van der Waals surface area (Å²) < 4.78 is 22.3. The van der Waals surface area contributed by atoms with Crippen molar-refractivity contribution >= 4 is 17.7 Å². The monoisotopic (exact) mass is 267 g/mol. The predicted octanol–water partition coefficient (Wildman–Crippen LogP) is 2.49. The van der Waals surface area contributed by atoms with E-state index < -0.39 is 24.0 Å². The molecule has 19 heavy (non-hydrogen) atoms. The summed E-state index contributed by atoms with van der Waals surface area (Å²) in [6.07, 6.45) is -2.09. The van der Waals surface area contributed by atoms with E-state index in [0.717, 1.165) is 6.07 Å². The SMILES string of the molecule is C=C(C)C(OC(=O)Nc1cccc(F)c1)C(=O)OC. The number of hydrogen-bond acceptors (Lipinski definition) is 4. The summed E-state index contributed by atoms with van der Waals surface area (Å²) in [5, 5.41) is 2.30. The molecule has 0 saturated heterocycles. The lowest BCUT2D eigenvalue weighted by atomic mass is 10.2. The Morgan fingerprint density at radius 3 is 2.63 bits per heavy atom. The molecule has 0 fully saturated rings. The molecular formula is C13H14FNO4. The molecule has 0 spiro atoms. The van der Waals surface area contributed by atoms with Crippen LogP contribution in [0.4, 0.5) is 14.9 Å². The third-order valence-corrected chi connectivity index (χ3v) is 2.16. The fourth-order valence-corrected chi connectivity index (χ4v) is 1.28. The Hall–Kier alpha value is -2.37. The third kappa shape index (κ3) is 4.42. The summed E-state index contributed by atoms with van der Waals surface area (Å²) in [5.74, 6) is -1.23. The molecule has 0 radical (unpaired) electrons. The largest absolute Gasteiger partial charge is 0.466 e. The smallest absolute Gasteiger partial charge is 0.412 e. The van der Waals surface area contributed by atoms with Crippen molar-refractivity contribution in [1.29, 1.82) is 0 Å². The van der Waals surface area contributed by atoms with Gasteiger partial charge in [0.2, 0.25) is 6.10 Å². The zero-order valence-corrected chi connectivity index (χ0v) is 10.6. The molecule has 6 heteroatoms. The molecule has 102 valence electrons. The van der Waals surface area contributed by atoms with Gasteiger partial charge in [-0.1, -0.05) is 12.6 Å². The van der Waals surface area contributed by atoms with Crippen LogP contribution < -0.4 is 5.32 Å². The van der Waals surface area contributed by atoms with Gasteiger partial charge < -0.3 is 9.47 Å². The first kappa shape index (κ1) is 14.7. The van der Waals surface area contributed by atoms with E-state index in [-0.39, 0.29) is 5.69 Å². The van der Waals surface area contributed by atoms with Crippen molar-refractivity contribution in [2.24, 2.45) is 0 Å². The van der Waals surface area contributed by atoms with Gasteiger partial charge in [-0.3, -0.25) is 5.32 Å². The molecule has 0 aliphatic carbocycles. The third-order valence-electron chi connectivity index (χ3n) is 2.16. The fourth-order valence-electron chi connectivity index (χ4n) is 1.28. The van der Waals surface area contributed by atoms with E-state index in [0.29, 0.717) is 5.57 Å². The second-order valence-corrected chi connectivity index (χ2v) is 3.79. The van der Waals surface area contributed by atoms with Gasteiger partial charge in [0.05, 0.1) is 7.11 Å². The van der Waals surface area contributed by atoms with Crippen molar-refractivity contribution in [1.82, 2.24) is 0 Å². The number of rotatable bonds is 4. The van der Waals surface area contributed by atoms with E-state index in [2.05, 4.69) is 16.6 Å². The molecule has 1 unspecified atom stereocenters. The Balaban J connectivity index is 2.68. The zero-order valence-electron chi connectivity index (χ0n) is 10.6. The minimum absolute atomic E-state index is 0.218. The molecule has 0 aromatic heterocycles. The number of esters is 1. The Bertz CT molecular complexity index is 501. The van der Waals surface area contributed by atoms with Gasteiger partial charge in [0.25, 0.3) is 0 Å². The molecule has 1 atom stereocenters. The van der Waals surface area contributed by atoms with E-state index in [9.17, 15) is 14.0 Å². The number of halogens is 1. The number of methoxy groups -OCH3 is 1. The van der Waals surface area contributed by atoms with Gasteiger partial charge in [-0.2, -0.15) is 0 Å². The molecule has 1 N–H and O–H groups in total. The lowest BCUT2D eigenvalue weighted by Crippen LogP contribution is -2.31. The Labute approximate surface area is 110 Å². The normalized spacial score (nSPS) is 11.3. The first-order chi connectivity index (χ1) is 8.93. The number of benzene rings is 1. The first-order valence-corrected chi connectivity index (χ1v) is 5.40. The van der Waals surface area contributed by atoms with Crippen LogP contribution in [0.5, 0.6) is 0 Å². The number of ether oxygens (including phenoxy) is 2. The molecule has 1 amide bonds. The van der Waals surface area contributed by atoms with Gasteiger partial charge in [-0.15, -0.1) is 0 Å². The van der Waals surface area contributed by atoms with Crippen molar-refractivity contribution in [2.75, 3.05) is 12.4 Å². The van der Waals surface area contributed by atoms with Crippen LogP contribution in [0.25, 0.3) is 0 Å². The van der Waals surface area contributed by atoms with Gasteiger partial charge in [0, 0.05) is 5.69 Å². The highest BCUT2D eigenvalue weighted by molar-refractivity contribution is 5.88. The maximum Gasteiger partial charge on any atom is 0.412 e. The van der Waals surface area contributed by atoms with Crippen LogP contribution >= 0.6 is 0 Å². The van der Waals surface area contributed by atoms with Gasteiger partial charge >= 0.3 is 12.1 Å². The summed E-state index contributed by atoms with van der Waals surface area (Å²) in [5.41, 5.74) is 0.538. The predicted molar refractivity (Wildman–Crippen MR) is 67.1 cm³/mol. The highest BCUT2D eigenvalue weighted by atomic mass is 19.1. The Kier molecular flexibility index (Phi) is 5.05. The second-order valence-electron chi connectivity index (χ2n) is 3.79. The second kappa shape index (κ2) is 6.53. The Morgan fingerprint density at radius 1 is 1.42 bits per heavy atom. The molecule has 0 aliphatic heterocycles. The van der Waals surface area contributed by atoms with Gasteiger partial charge in [0.15, 0.2) is 0 Å². The number of carbonyl (C=O) groups excluding carboxylic acids is 2. The average molecular weight is 267 g/mol. The van der Waals surface area contributed by atoms with Gasteiger partial charge in [0.1, 0.15) is 5.82 Å². The summed E-state index contributed by atoms with van der Waals surface area (Å²) in [6, 6.07) is 5.27. The minimum atomic E-state index is -1.20. The molecule has 5 nitrogen and oxygen atoms in total. The highest BCUT2D eigenvalue weighted by Crippen LogP contribution is 2.12. The number of anilines is 1. The maximum atomic E-state index is 12.9. The number of nitrogens with one attached hydrogen (secondary N) is 1. The molecule has 0 bridgehead atoms. The van der Waals surface area contributed by atoms with E-state index >= 15 is 0 Å². The lowest BCUT2D eigenvalue weighted by Gasteiger charge is -2.15. The van der Waals surface area contributed by atoms with Gasteiger partial charge in [-0.25, -0.2) is 14.0 Å². The lowest BCUT2D eigenvalue weighted by molar-refractivity contribution is -0.148. The molecule has 0 saturated carbocycles. The van der Waals surface area contributed by atoms with Crippen LogP contribution in [-0.4, -0.2) is 25.3 Å². The number of amides is 1. The van der Waals surface area contributed by atoms with Crippen molar-refractivity contribution < 1.29 is 23.5 Å². The summed E-state index contributed by atoms with van der Waals surface area (Å²) >= 11 is 0. The van der Waals surface area contributed by atoms with Crippen molar-refractivity contribution in [3.05, 3.63) is 42.2 Å². The molecule has 0 heterocycles. The summed E-state index contributed by atoms with van der Waals surface area (Å²) in [7, 11) is 1.17. The van der Waals surface area contributed by atoms with E-state index in [4.69, 9.17) is 4.74 Å². The quantitative estimate of drug-likeness (QED) is 0.672. The van der Waals surface area contributed by atoms with Crippen molar-refractivity contribution in [2.45, 2.75) is 13.0 Å². The van der Waals surface area contributed by atoms with Crippen LogP contribution in [0.1, 0.15) is 6.92 Å². The van der Waals surface area contributed by atoms with Crippen LogP contribution in [0.15, 0.2) is 36.4 Å². The average Bonchev–Trinajstić information content (AvgIpc) is 2.34. The molecule has 1 aromatic carbocycles. The van der Waals surface area contributed by atoms with Crippen LogP contribution in [0.2, 0.25) is 0 Å². The maximum absolute atomic E-state index is 12.9. The number of hydrogen-bond donors (Lipinski definition) is 1. The zero-order chi connectivity index (χ0) is 14.4. The van der Waals surface area contributed by atoms with Crippen molar-refractivity contribution in [3.63, 3.8) is 0 Å². The molecule has 1 rings (SSSR count). The fraction of sp³-hybridized carbons (Fsp3) is 0.231. The minimum Gasteiger partial charge on any atom is -0.466 e.